The quantitative estimate of drug-likeness (QED) is 0.164. The van der Waals surface area contributed by atoms with E-state index in [0.29, 0.717) is 0 Å². The van der Waals surface area contributed by atoms with Crippen LogP contribution >= 0.6 is 0 Å². The average Bonchev–Trinajstić information content (AvgIpc) is 2.79. The third kappa shape index (κ3) is 5.90. The summed E-state index contributed by atoms with van der Waals surface area (Å²) in [6.45, 7) is 4.27. The molecule has 32 heavy (non-hydrogen) atoms. The molecule has 0 bridgehead atoms. The second-order valence-corrected chi connectivity index (χ2v) is 7.12. The molecular formula is C24H24Br4N4. The lowest BCUT2D eigenvalue weighted by atomic mass is 10.2. The van der Waals surface area contributed by atoms with Crippen molar-refractivity contribution in [1.82, 2.24) is 0 Å². The molecule has 2 aliphatic rings. The standard InChI is InChI=1S/2C12H12N2.4BrH/c2*1-3-7-13-9-10-14-8-4-2-6-12(14)11(13)5-1;;;;/h2*1-8H,9-10H2;4*1H/q2*+2;;;;/p-4. The Morgan fingerprint density at radius 1 is 0.344 bits per heavy atom. The molecule has 6 rings (SSSR count). The molecule has 8 heteroatoms. The summed E-state index contributed by atoms with van der Waals surface area (Å²) in [7, 11) is 0. The van der Waals surface area contributed by atoms with Crippen LogP contribution in [-0.2, 0) is 26.2 Å². The van der Waals surface area contributed by atoms with Crippen molar-refractivity contribution < 1.29 is 86.2 Å². The predicted molar refractivity (Wildman–Crippen MR) is 105 cm³/mol. The number of hydrogen-bond donors (Lipinski definition) is 0. The van der Waals surface area contributed by atoms with E-state index in [4.69, 9.17) is 0 Å². The largest absolute Gasteiger partial charge is 1.00 e. The van der Waals surface area contributed by atoms with Gasteiger partial charge < -0.3 is 67.9 Å². The molecule has 6 heterocycles. The van der Waals surface area contributed by atoms with Gasteiger partial charge in [0.1, 0.15) is 0 Å². The zero-order valence-electron chi connectivity index (χ0n) is 17.4. The molecule has 4 nitrogen and oxygen atoms in total. The third-order valence-corrected chi connectivity index (χ3v) is 5.45. The topological polar surface area (TPSA) is 15.5 Å². The molecule has 0 atom stereocenters. The Morgan fingerprint density at radius 2 is 0.562 bits per heavy atom. The van der Waals surface area contributed by atoms with Crippen molar-refractivity contribution in [2.24, 2.45) is 0 Å². The van der Waals surface area contributed by atoms with Crippen LogP contribution in [0.2, 0.25) is 0 Å². The van der Waals surface area contributed by atoms with Crippen molar-refractivity contribution in [3.8, 4) is 22.8 Å². The molecule has 0 spiro atoms. The van der Waals surface area contributed by atoms with Crippen LogP contribution in [0.25, 0.3) is 22.8 Å². The number of aromatic nitrogens is 4. The number of halogens is 4. The molecule has 0 aliphatic carbocycles. The minimum atomic E-state index is 0. The van der Waals surface area contributed by atoms with Crippen LogP contribution in [0.3, 0.4) is 0 Å². The first-order chi connectivity index (χ1) is 13.9. The smallest absolute Gasteiger partial charge is 0.277 e. The maximum absolute atomic E-state index is 2.30. The molecule has 4 aromatic heterocycles. The normalized spacial score (nSPS) is 11.5. The Bertz CT molecular complexity index is 972. The molecule has 0 amide bonds. The van der Waals surface area contributed by atoms with Gasteiger partial charge in [0.05, 0.1) is 0 Å². The van der Waals surface area contributed by atoms with Crippen molar-refractivity contribution in [2.75, 3.05) is 0 Å². The van der Waals surface area contributed by atoms with E-state index in [1.165, 1.54) is 22.8 Å². The van der Waals surface area contributed by atoms with Gasteiger partial charge in [-0.3, -0.25) is 0 Å². The highest BCUT2D eigenvalue weighted by atomic mass is 79.9. The first kappa shape index (κ1) is 28.6. The predicted octanol–water partition coefficient (Wildman–Crippen LogP) is -10.1. The van der Waals surface area contributed by atoms with Crippen LogP contribution in [-0.4, -0.2) is 0 Å². The number of pyridine rings is 4. The van der Waals surface area contributed by atoms with Gasteiger partial charge in [-0.25, -0.2) is 0 Å². The van der Waals surface area contributed by atoms with Gasteiger partial charge in [0.2, 0.25) is 26.2 Å². The fraction of sp³-hybridized carbons (Fsp3) is 0.167. The summed E-state index contributed by atoms with van der Waals surface area (Å²) in [4.78, 5) is 0. The van der Waals surface area contributed by atoms with Crippen LogP contribution in [0.4, 0.5) is 0 Å². The second-order valence-electron chi connectivity index (χ2n) is 7.12. The monoisotopic (exact) mass is 684 g/mol. The van der Waals surface area contributed by atoms with E-state index in [2.05, 4.69) is 116 Å². The summed E-state index contributed by atoms with van der Waals surface area (Å²) in [6, 6.07) is 25.4. The Hall–Kier alpha value is -1.48. The van der Waals surface area contributed by atoms with E-state index in [1.807, 2.05) is 0 Å². The number of fused-ring (bicyclic) bond motifs is 6. The summed E-state index contributed by atoms with van der Waals surface area (Å²) in [5, 5.41) is 0. The fourth-order valence-corrected chi connectivity index (χ4v) is 4.05. The van der Waals surface area contributed by atoms with Crippen LogP contribution in [0.5, 0.6) is 0 Å². The molecule has 0 unspecified atom stereocenters. The van der Waals surface area contributed by atoms with Crippen molar-refractivity contribution in [2.45, 2.75) is 26.2 Å². The maximum Gasteiger partial charge on any atom is 0.277 e. The molecular weight excluding hydrogens is 664 g/mol. The average molecular weight is 688 g/mol. The minimum Gasteiger partial charge on any atom is -1.00 e. The highest BCUT2D eigenvalue weighted by Gasteiger charge is 2.28. The van der Waals surface area contributed by atoms with Crippen LogP contribution in [0.1, 0.15) is 0 Å². The van der Waals surface area contributed by atoms with Crippen molar-refractivity contribution in [1.29, 1.82) is 0 Å². The number of rotatable bonds is 0. The van der Waals surface area contributed by atoms with E-state index < -0.39 is 0 Å². The minimum absolute atomic E-state index is 0. The zero-order chi connectivity index (χ0) is 18.8. The van der Waals surface area contributed by atoms with Gasteiger partial charge in [-0.05, 0) is 24.3 Å². The highest BCUT2D eigenvalue weighted by Crippen LogP contribution is 2.12. The molecule has 0 radical (unpaired) electrons. The summed E-state index contributed by atoms with van der Waals surface area (Å²) in [5.41, 5.74) is 5.22. The van der Waals surface area contributed by atoms with Crippen LogP contribution in [0.15, 0.2) is 97.6 Å². The first-order valence-corrected chi connectivity index (χ1v) is 9.85. The summed E-state index contributed by atoms with van der Waals surface area (Å²) in [6.07, 6.45) is 8.58. The lowest BCUT2D eigenvalue weighted by molar-refractivity contribution is -0.794. The lowest BCUT2D eigenvalue weighted by Gasteiger charge is -2.08. The lowest BCUT2D eigenvalue weighted by Crippen LogP contribution is -3.00. The van der Waals surface area contributed by atoms with Gasteiger partial charge in [-0.15, -0.1) is 0 Å². The van der Waals surface area contributed by atoms with Crippen LogP contribution in [0, 0.1) is 0 Å². The zero-order valence-corrected chi connectivity index (χ0v) is 23.7. The Labute approximate surface area is 231 Å². The van der Waals surface area contributed by atoms with Gasteiger partial charge in [0.15, 0.2) is 24.8 Å². The Morgan fingerprint density at radius 3 is 0.781 bits per heavy atom. The number of nitrogens with zero attached hydrogens (tertiary/aromatic N) is 4. The molecule has 0 N–H and O–H groups in total. The Balaban J connectivity index is 0.000000284. The number of hydrogen-bond acceptors (Lipinski definition) is 0. The van der Waals surface area contributed by atoms with Crippen LogP contribution < -0.4 is 86.2 Å². The maximum atomic E-state index is 2.30. The molecule has 168 valence electrons. The van der Waals surface area contributed by atoms with Gasteiger partial charge in [0.25, 0.3) is 22.8 Å². The van der Waals surface area contributed by atoms with Gasteiger partial charge in [-0.1, -0.05) is 0 Å². The molecule has 0 aromatic carbocycles. The van der Waals surface area contributed by atoms with E-state index in [-0.39, 0.29) is 67.9 Å². The fourth-order valence-electron chi connectivity index (χ4n) is 4.05. The van der Waals surface area contributed by atoms with Crippen molar-refractivity contribution in [3.05, 3.63) is 97.6 Å². The molecule has 0 saturated carbocycles. The third-order valence-electron chi connectivity index (χ3n) is 5.45. The summed E-state index contributed by atoms with van der Waals surface area (Å²) < 4.78 is 9.20. The molecule has 2 aliphatic heterocycles. The first-order valence-electron chi connectivity index (χ1n) is 9.85. The summed E-state index contributed by atoms with van der Waals surface area (Å²) in [5.74, 6) is 0. The van der Waals surface area contributed by atoms with Crippen molar-refractivity contribution >= 4 is 0 Å². The van der Waals surface area contributed by atoms with Gasteiger partial charge in [-0.2, -0.15) is 18.3 Å². The van der Waals surface area contributed by atoms with E-state index >= 15 is 0 Å². The van der Waals surface area contributed by atoms with E-state index in [1.54, 1.807) is 0 Å². The van der Waals surface area contributed by atoms with Gasteiger partial charge in [0, 0.05) is 48.5 Å². The van der Waals surface area contributed by atoms with Gasteiger partial charge >= 0.3 is 0 Å². The Kier molecular flexibility index (Phi) is 11.9. The van der Waals surface area contributed by atoms with E-state index in [9.17, 15) is 0 Å². The molecule has 4 aromatic rings. The molecule has 0 fully saturated rings. The SMILES string of the molecule is [Br-].[Br-].[Br-].[Br-].c1cc[n+]2c(c1)-c1cccc[n+]1CC2.c1cc[n+]2c(c1)-c1cccc[n+]1CC2. The highest BCUT2D eigenvalue weighted by molar-refractivity contribution is 5.46. The number of aryl methyl sites for hydroxylation is 4. The summed E-state index contributed by atoms with van der Waals surface area (Å²) >= 11 is 0. The van der Waals surface area contributed by atoms with Crippen molar-refractivity contribution in [3.63, 3.8) is 0 Å². The van der Waals surface area contributed by atoms with E-state index in [0.717, 1.165) is 26.2 Å². The second kappa shape index (κ2) is 13.3. The molecule has 0 saturated heterocycles.